The Bertz CT molecular complexity index is 321. The number of aliphatic hydroxyl groups excluding tert-OH is 1. The first-order valence-electron chi connectivity index (χ1n) is 6.68. The second kappa shape index (κ2) is 5.98. The van der Waals surface area contributed by atoms with E-state index in [0.29, 0.717) is 12.1 Å². The van der Waals surface area contributed by atoms with Crippen molar-refractivity contribution in [2.24, 2.45) is 5.92 Å². The fourth-order valence-electron chi connectivity index (χ4n) is 2.45. The molecule has 0 aliphatic heterocycles. The van der Waals surface area contributed by atoms with Gasteiger partial charge >= 0.3 is 0 Å². The van der Waals surface area contributed by atoms with Gasteiger partial charge in [0, 0.05) is 17.0 Å². The molecule has 0 spiro atoms. The van der Waals surface area contributed by atoms with Crippen LogP contribution < -0.4 is 5.32 Å². The van der Waals surface area contributed by atoms with Gasteiger partial charge in [0.1, 0.15) is 0 Å². The lowest BCUT2D eigenvalue weighted by Crippen LogP contribution is -2.38. The summed E-state index contributed by atoms with van der Waals surface area (Å²) < 4.78 is 0. The van der Waals surface area contributed by atoms with Crippen molar-refractivity contribution in [3.05, 3.63) is 22.4 Å². The van der Waals surface area contributed by atoms with E-state index in [0.717, 1.165) is 17.2 Å². The van der Waals surface area contributed by atoms with Crippen LogP contribution >= 0.6 is 11.3 Å². The van der Waals surface area contributed by atoms with Gasteiger partial charge in [0.15, 0.2) is 0 Å². The Balaban J connectivity index is 1.78. The lowest BCUT2D eigenvalue weighted by atomic mass is 10.1. The molecule has 1 aliphatic rings. The summed E-state index contributed by atoms with van der Waals surface area (Å²) in [6.07, 6.45) is 4.46. The van der Waals surface area contributed by atoms with Gasteiger partial charge in [-0.1, -0.05) is 13.0 Å². The minimum atomic E-state index is -0.311. The topological polar surface area (TPSA) is 32.3 Å². The van der Waals surface area contributed by atoms with E-state index < -0.39 is 0 Å². The minimum Gasteiger partial charge on any atom is -0.388 e. The maximum Gasteiger partial charge on any atom is 0.0896 e. The third-order valence-corrected chi connectivity index (χ3v) is 4.55. The van der Waals surface area contributed by atoms with Gasteiger partial charge in [-0.3, -0.25) is 0 Å². The molecular weight excluding hydrogens is 230 g/mol. The average Bonchev–Trinajstić information content (AvgIpc) is 2.99. The fourth-order valence-corrected chi connectivity index (χ4v) is 3.18. The highest BCUT2D eigenvalue weighted by atomic mass is 32.1. The Morgan fingerprint density at radius 3 is 2.82 bits per heavy atom. The Labute approximate surface area is 108 Å². The highest BCUT2D eigenvalue weighted by Crippen LogP contribution is 2.34. The molecule has 17 heavy (non-hydrogen) atoms. The second-order valence-corrected chi connectivity index (χ2v) is 6.17. The van der Waals surface area contributed by atoms with Gasteiger partial charge < -0.3 is 10.4 Å². The van der Waals surface area contributed by atoms with Gasteiger partial charge in [0.05, 0.1) is 6.10 Å². The Morgan fingerprint density at radius 2 is 2.29 bits per heavy atom. The van der Waals surface area contributed by atoms with Crippen LogP contribution in [0.15, 0.2) is 17.5 Å². The van der Waals surface area contributed by atoms with Crippen LogP contribution in [-0.2, 0) is 0 Å². The molecule has 2 rings (SSSR count). The number of hydrogen-bond donors (Lipinski definition) is 2. The summed E-state index contributed by atoms with van der Waals surface area (Å²) in [5.41, 5.74) is 0. The SMILES string of the molecule is CCC(NC(C)CC(O)c1cccs1)C1CC1. The third-order valence-electron chi connectivity index (χ3n) is 3.58. The van der Waals surface area contributed by atoms with Gasteiger partial charge in [-0.15, -0.1) is 11.3 Å². The molecular formula is C14H23NOS. The Kier molecular flexibility index (Phi) is 4.60. The molecule has 3 unspecified atom stereocenters. The summed E-state index contributed by atoms with van der Waals surface area (Å²) in [5.74, 6) is 0.890. The molecule has 0 radical (unpaired) electrons. The van der Waals surface area contributed by atoms with E-state index in [1.807, 2.05) is 17.5 Å². The number of hydrogen-bond acceptors (Lipinski definition) is 3. The first-order chi connectivity index (χ1) is 8.20. The number of rotatable bonds is 7. The van der Waals surface area contributed by atoms with Crippen LogP contribution in [-0.4, -0.2) is 17.2 Å². The molecule has 1 fully saturated rings. The van der Waals surface area contributed by atoms with E-state index in [2.05, 4.69) is 19.2 Å². The molecule has 1 heterocycles. The molecule has 0 amide bonds. The van der Waals surface area contributed by atoms with E-state index in [-0.39, 0.29) is 6.10 Å². The van der Waals surface area contributed by atoms with Gasteiger partial charge in [-0.05, 0) is 50.0 Å². The Hall–Kier alpha value is -0.380. The largest absolute Gasteiger partial charge is 0.388 e. The van der Waals surface area contributed by atoms with E-state index in [1.165, 1.54) is 19.3 Å². The fraction of sp³-hybridized carbons (Fsp3) is 0.714. The average molecular weight is 253 g/mol. The molecule has 2 nitrogen and oxygen atoms in total. The zero-order valence-electron chi connectivity index (χ0n) is 10.7. The quantitative estimate of drug-likeness (QED) is 0.781. The van der Waals surface area contributed by atoms with E-state index in [9.17, 15) is 5.11 Å². The smallest absolute Gasteiger partial charge is 0.0896 e. The third kappa shape index (κ3) is 3.80. The van der Waals surface area contributed by atoms with Gasteiger partial charge in [-0.25, -0.2) is 0 Å². The molecule has 3 heteroatoms. The number of thiophene rings is 1. The molecule has 0 aromatic carbocycles. The zero-order chi connectivity index (χ0) is 12.3. The van der Waals surface area contributed by atoms with Crippen molar-refractivity contribution in [1.82, 2.24) is 5.32 Å². The lowest BCUT2D eigenvalue weighted by Gasteiger charge is -2.23. The van der Waals surface area contributed by atoms with Crippen molar-refractivity contribution in [1.29, 1.82) is 0 Å². The molecule has 1 aromatic rings. The molecule has 0 bridgehead atoms. The van der Waals surface area contributed by atoms with Gasteiger partial charge in [0.2, 0.25) is 0 Å². The van der Waals surface area contributed by atoms with Crippen molar-refractivity contribution in [2.75, 3.05) is 0 Å². The summed E-state index contributed by atoms with van der Waals surface area (Å²) >= 11 is 1.64. The van der Waals surface area contributed by atoms with Crippen LogP contribution in [0.3, 0.4) is 0 Å². The van der Waals surface area contributed by atoms with Crippen molar-refractivity contribution >= 4 is 11.3 Å². The van der Waals surface area contributed by atoms with Gasteiger partial charge in [-0.2, -0.15) is 0 Å². The molecule has 1 aromatic heterocycles. The van der Waals surface area contributed by atoms with E-state index >= 15 is 0 Å². The maximum absolute atomic E-state index is 10.1. The summed E-state index contributed by atoms with van der Waals surface area (Å²) in [6, 6.07) is 5.05. The maximum atomic E-state index is 10.1. The Morgan fingerprint density at radius 1 is 1.53 bits per heavy atom. The molecule has 1 aliphatic carbocycles. The molecule has 0 saturated heterocycles. The van der Waals surface area contributed by atoms with Crippen LogP contribution in [0.5, 0.6) is 0 Å². The summed E-state index contributed by atoms with van der Waals surface area (Å²) in [7, 11) is 0. The first kappa shape index (κ1) is 13.1. The van der Waals surface area contributed by atoms with E-state index in [4.69, 9.17) is 0 Å². The van der Waals surface area contributed by atoms with Crippen LogP contribution in [0.25, 0.3) is 0 Å². The minimum absolute atomic E-state index is 0.311. The number of nitrogens with one attached hydrogen (secondary N) is 1. The zero-order valence-corrected chi connectivity index (χ0v) is 11.5. The monoisotopic (exact) mass is 253 g/mol. The highest BCUT2D eigenvalue weighted by Gasteiger charge is 2.30. The van der Waals surface area contributed by atoms with Crippen molar-refractivity contribution in [3.8, 4) is 0 Å². The normalized spacial score (nSPS) is 21.1. The summed E-state index contributed by atoms with van der Waals surface area (Å²) in [5, 5.41) is 15.8. The van der Waals surface area contributed by atoms with Crippen molar-refractivity contribution < 1.29 is 5.11 Å². The van der Waals surface area contributed by atoms with Crippen LogP contribution in [0, 0.1) is 5.92 Å². The molecule has 2 N–H and O–H groups in total. The van der Waals surface area contributed by atoms with Gasteiger partial charge in [0.25, 0.3) is 0 Å². The predicted octanol–water partition coefficient (Wildman–Crippen LogP) is 3.34. The molecule has 1 saturated carbocycles. The summed E-state index contributed by atoms with van der Waals surface area (Å²) in [4.78, 5) is 1.08. The molecule has 96 valence electrons. The van der Waals surface area contributed by atoms with Crippen LogP contribution in [0.4, 0.5) is 0 Å². The second-order valence-electron chi connectivity index (χ2n) is 5.19. The molecule has 3 atom stereocenters. The van der Waals surface area contributed by atoms with Crippen LogP contribution in [0.2, 0.25) is 0 Å². The highest BCUT2D eigenvalue weighted by molar-refractivity contribution is 7.10. The lowest BCUT2D eigenvalue weighted by molar-refractivity contribution is 0.153. The standard InChI is InChI=1S/C14H23NOS/c1-3-12(11-6-7-11)15-10(2)9-13(16)14-5-4-8-17-14/h4-5,8,10-13,15-16H,3,6-7,9H2,1-2H3. The first-order valence-corrected chi connectivity index (χ1v) is 7.56. The number of aliphatic hydroxyl groups is 1. The predicted molar refractivity (Wildman–Crippen MR) is 73.3 cm³/mol. The van der Waals surface area contributed by atoms with E-state index in [1.54, 1.807) is 11.3 Å². The van der Waals surface area contributed by atoms with Crippen molar-refractivity contribution in [3.63, 3.8) is 0 Å². The summed E-state index contributed by atoms with van der Waals surface area (Å²) in [6.45, 7) is 4.43. The van der Waals surface area contributed by atoms with Crippen LogP contribution in [0.1, 0.15) is 50.5 Å². The van der Waals surface area contributed by atoms with Crippen molar-refractivity contribution in [2.45, 2.75) is 57.7 Å².